The fourth-order valence-corrected chi connectivity index (χ4v) is 21.3. The Bertz CT molecular complexity index is 8270. The van der Waals surface area contributed by atoms with Gasteiger partial charge in [0.05, 0.1) is 38.8 Å². The first-order chi connectivity index (χ1) is 53.0. The second kappa shape index (κ2) is 22.6. The molecule has 9 aromatic heterocycles. The van der Waals surface area contributed by atoms with E-state index in [1.54, 1.807) is 0 Å². The highest BCUT2D eigenvalue weighted by atomic mass is 32.1. The van der Waals surface area contributed by atoms with Gasteiger partial charge in [0, 0.05) is 175 Å². The summed E-state index contributed by atoms with van der Waals surface area (Å²) in [5.41, 5.74) is 18.3. The highest BCUT2D eigenvalue weighted by Gasteiger charge is 2.22. The Kier molecular flexibility index (Phi) is 12.5. The minimum atomic E-state index is 1.19. The SMILES string of the molecule is c1ccc(-n2c3ccccc3c3cc4c(cc32)sc2cc3c(cc24)[nH]c2ccccc23)cc1.c1ccc2c(-n3c4ccccc4c4cc5c(cc43)sc3cc4c(cc35)[nH]c3ccccc34)cccc2c1.c1ccc2cc(-n3c4ccccc4c4cc5c(cc43)sc3cc4c(cc35)[nH]c3ccccc34)ccc2c1. The van der Waals surface area contributed by atoms with Gasteiger partial charge in [-0.1, -0.05) is 194 Å². The molecule has 0 aliphatic heterocycles. The second-order valence-corrected chi connectivity index (χ2v) is 31.8. The van der Waals surface area contributed by atoms with Crippen LogP contribution in [0.2, 0.25) is 0 Å². The molecule has 498 valence electrons. The van der Waals surface area contributed by atoms with Gasteiger partial charge >= 0.3 is 0 Å². The Balaban J connectivity index is 0.0000000950. The molecule has 0 saturated heterocycles. The lowest BCUT2D eigenvalue weighted by atomic mass is 10.1. The molecule has 3 N–H and O–H groups in total. The third-order valence-electron chi connectivity index (χ3n) is 22.7. The first-order valence-corrected chi connectivity index (χ1v) is 38.9. The van der Waals surface area contributed by atoms with Gasteiger partial charge in [-0.25, -0.2) is 0 Å². The molecule has 0 aliphatic carbocycles. The van der Waals surface area contributed by atoms with Gasteiger partial charge in [0.2, 0.25) is 0 Å². The lowest BCUT2D eigenvalue weighted by molar-refractivity contribution is 1.18. The van der Waals surface area contributed by atoms with Crippen LogP contribution < -0.4 is 0 Å². The number of nitrogens with one attached hydrogen (secondary N) is 3. The number of aromatic nitrogens is 6. The highest BCUT2D eigenvalue weighted by molar-refractivity contribution is 7.26. The van der Waals surface area contributed by atoms with Gasteiger partial charge in [0.15, 0.2) is 0 Å². The van der Waals surface area contributed by atoms with Crippen LogP contribution in [-0.4, -0.2) is 28.7 Å². The topological polar surface area (TPSA) is 62.2 Å². The summed E-state index contributed by atoms with van der Waals surface area (Å²) in [7, 11) is 0. The molecule has 9 heterocycles. The average molecular weight is 1420 g/mol. The summed E-state index contributed by atoms with van der Waals surface area (Å²) in [5.74, 6) is 0. The number of hydrogen-bond donors (Lipinski definition) is 3. The summed E-state index contributed by atoms with van der Waals surface area (Å²) in [6, 6.07) is 122. The van der Waals surface area contributed by atoms with E-state index in [4.69, 9.17) is 0 Å². The van der Waals surface area contributed by atoms with Crippen LogP contribution in [0.15, 0.2) is 334 Å². The summed E-state index contributed by atoms with van der Waals surface area (Å²) < 4.78 is 15.3. The number of benzene rings is 17. The number of para-hydroxylation sites is 7. The van der Waals surface area contributed by atoms with E-state index in [1.165, 1.54) is 230 Å². The van der Waals surface area contributed by atoms with Crippen LogP contribution in [0.1, 0.15) is 0 Å². The molecule has 107 heavy (non-hydrogen) atoms. The number of nitrogens with zero attached hydrogens (tertiary/aromatic N) is 3. The molecular formula is C98H58N6S3. The Hall–Kier alpha value is -13.3. The molecule has 6 nitrogen and oxygen atoms in total. The van der Waals surface area contributed by atoms with Crippen LogP contribution in [0.4, 0.5) is 0 Å². The smallest absolute Gasteiger partial charge is 0.0555 e. The maximum atomic E-state index is 3.63. The minimum absolute atomic E-state index is 1.19. The van der Waals surface area contributed by atoms with Crippen molar-refractivity contribution < 1.29 is 0 Å². The predicted molar refractivity (Wildman–Crippen MR) is 464 cm³/mol. The number of H-pyrrole nitrogens is 3. The van der Waals surface area contributed by atoms with Crippen molar-refractivity contribution in [2.45, 2.75) is 0 Å². The molecule has 26 rings (SSSR count). The van der Waals surface area contributed by atoms with E-state index in [1.807, 2.05) is 34.0 Å². The zero-order valence-corrected chi connectivity index (χ0v) is 59.8. The van der Waals surface area contributed by atoms with E-state index in [0.717, 1.165) is 0 Å². The minimum Gasteiger partial charge on any atom is -0.354 e. The first-order valence-electron chi connectivity index (χ1n) is 36.4. The number of hydrogen-bond acceptors (Lipinski definition) is 3. The molecule has 9 heteroatoms. The third kappa shape index (κ3) is 8.85. The van der Waals surface area contributed by atoms with Gasteiger partial charge in [-0.05, 0) is 156 Å². The molecular weight excluding hydrogens is 1360 g/mol. The van der Waals surface area contributed by atoms with Crippen LogP contribution in [0.5, 0.6) is 0 Å². The third-order valence-corrected chi connectivity index (χ3v) is 26.0. The molecule has 17 aromatic carbocycles. The fraction of sp³-hybridized carbons (Fsp3) is 0. The summed E-state index contributed by atoms with van der Waals surface area (Å²) in [5, 5.41) is 28.6. The normalized spacial score (nSPS) is 12.3. The number of thiophene rings is 3. The number of rotatable bonds is 3. The number of fused-ring (bicyclic) bond motifs is 29. The summed E-state index contributed by atoms with van der Waals surface area (Å²) in [6.45, 7) is 0. The van der Waals surface area contributed by atoms with Gasteiger partial charge < -0.3 is 28.7 Å². The van der Waals surface area contributed by atoms with E-state index < -0.39 is 0 Å². The van der Waals surface area contributed by atoms with Crippen molar-refractivity contribution >= 4 is 247 Å². The van der Waals surface area contributed by atoms with E-state index >= 15 is 0 Å². The van der Waals surface area contributed by atoms with Crippen molar-refractivity contribution in [1.29, 1.82) is 0 Å². The Morgan fingerprint density at radius 3 is 0.991 bits per heavy atom. The van der Waals surface area contributed by atoms with Crippen molar-refractivity contribution in [2.24, 2.45) is 0 Å². The molecule has 0 amide bonds. The molecule has 0 bridgehead atoms. The van der Waals surface area contributed by atoms with Crippen molar-refractivity contribution in [1.82, 2.24) is 28.7 Å². The van der Waals surface area contributed by atoms with E-state index in [2.05, 4.69) is 362 Å². The molecule has 0 fully saturated rings. The number of aromatic amines is 3. The van der Waals surface area contributed by atoms with Gasteiger partial charge in [-0.15, -0.1) is 34.0 Å². The predicted octanol–water partition coefficient (Wildman–Crippen LogP) is 28.7. The lowest BCUT2D eigenvalue weighted by Crippen LogP contribution is -1.94. The monoisotopic (exact) mass is 1410 g/mol. The summed E-state index contributed by atoms with van der Waals surface area (Å²) >= 11 is 5.68. The van der Waals surface area contributed by atoms with E-state index in [0.29, 0.717) is 0 Å². The van der Waals surface area contributed by atoms with E-state index in [-0.39, 0.29) is 0 Å². The first kappa shape index (κ1) is 59.1. The Labute approximate surface area is 621 Å². The molecule has 0 unspecified atom stereocenters. The van der Waals surface area contributed by atoms with Gasteiger partial charge in [0.1, 0.15) is 0 Å². The molecule has 0 aliphatic rings. The fourth-order valence-electron chi connectivity index (χ4n) is 17.9. The second-order valence-electron chi connectivity index (χ2n) is 28.5. The molecule has 26 aromatic rings. The van der Waals surface area contributed by atoms with Crippen molar-refractivity contribution in [2.75, 3.05) is 0 Å². The quantitative estimate of drug-likeness (QED) is 0.158. The largest absolute Gasteiger partial charge is 0.354 e. The standard InChI is InChI=1S/2C34H20N2S.C30H18N2S/c1-2-10-21-20(8-1)9-7-15-30(21)36-31-14-6-4-12-23(31)25-16-26-27-17-29-24(22-11-3-5-13-28(22)35-29)18-33(27)37-34(26)19-32(25)36;1-2-8-21-15-22(14-13-20(21)7-1)36-31-12-6-4-10-24(31)26-16-27-28-17-30-25(23-9-3-5-11-29(23)35-30)18-33(28)37-34(27)19-32(26)36;1-2-8-18(9-3-1)32-27-13-7-5-11-20(27)22-14-23-24-15-26-21(19-10-4-6-12-25(19)31-26)16-29(24)33-30(23)17-28(22)32/h2*1-19,35H;1-17,31H. The molecule has 0 saturated carbocycles. The molecule has 0 radical (unpaired) electrons. The summed E-state index contributed by atoms with van der Waals surface area (Å²) in [4.78, 5) is 10.9. The highest BCUT2D eigenvalue weighted by Crippen LogP contribution is 2.48. The Morgan fingerprint density at radius 1 is 0.168 bits per heavy atom. The van der Waals surface area contributed by atoms with E-state index in [9.17, 15) is 0 Å². The van der Waals surface area contributed by atoms with Crippen LogP contribution in [0, 0.1) is 0 Å². The van der Waals surface area contributed by atoms with Crippen molar-refractivity contribution in [3.05, 3.63) is 334 Å². The zero-order valence-electron chi connectivity index (χ0n) is 57.3. The van der Waals surface area contributed by atoms with Crippen molar-refractivity contribution in [3.8, 4) is 17.1 Å². The van der Waals surface area contributed by atoms with Crippen LogP contribution in [0.25, 0.3) is 230 Å². The van der Waals surface area contributed by atoms with Gasteiger partial charge in [-0.2, -0.15) is 0 Å². The molecule has 0 spiro atoms. The van der Waals surface area contributed by atoms with Crippen LogP contribution in [0.3, 0.4) is 0 Å². The summed E-state index contributed by atoms with van der Waals surface area (Å²) in [6.07, 6.45) is 0. The zero-order chi connectivity index (χ0) is 69.7. The van der Waals surface area contributed by atoms with Crippen LogP contribution >= 0.6 is 34.0 Å². The van der Waals surface area contributed by atoms with Gasteiger partial charge in [0.25, 0.3) is 0 Å². The average Bonchev–Trinajstić information content (AvgIpc) is 1.57. The van der Waals surface area contributed by atoms with Crippen molar-refractivity contribution in [3.63, 3.8) is 0 Å². The van der Waals surface area contributed by atoms with Crippen LogP contribution in [-0.2, 0) is 0 Å². The molecule has 0 atom stereocenters. The van der Waals surface area contributed by atoms with Gasteiger partial charge in [-0.3, -0.25) is 0 Å². The Morgan fingerprint density at radius 2 is 0.514 bits per heavy atom. The maximum absolute atomic E-state index is 3.63. The maximum Gasteiger partial charge on any atom is 0.0555 e. The lowest BCUT2D eigenvalue weighted by Gasteiger charge is -2.11.